The highest BCUT2D eigenvalue weighted by Gasteiger charge is 2.07. The molecule has 0 fully saturated rings. The minimum atomic E-state index is -0.164. The number of anilines is 1. The molecule has 5 heteroatoms. The Bertz CT molecular complexity index is 901. The van der Waals surface area contributed by atoms with Crippen LogP contribution in [0.1, 0.15) is 17.5 Å². The third-order valence-electron chi connectivity index (χ3n) is 5.16. The molecule has 0 saturated carbocycles. The third kappa shape index (κ3) is 8.83. The van der Waals surface area contributed by atoms with Crippen LogP contribution >= 0.6 is 11.6 Å². The third-order valence-corrected chi connectivity index (χ3v) is 5.41. The van der Waals surface area contributed by atoms with Crippen LogP contribution in [0.4, 0.5) is 10.5 Å². The first kappa shape index (κ1) is 22.9. The van der Waals surface area contributed by atoms with E-state index >= 15 is 0 Å². The largest absolute Gasteiger partial charge is 0.338 e. The second-order valence-electron chi connectivity index (χ2n) is 7.55. The number of hydrogen-bond acceptors (Lipinski definition) is 2. The number of hydrogen-bond donors (Lipinski definition) is 2. The van der Waals surface area contributed by atoms with Crippen molar-refractivity contribution in [3.8, 4) is 0 Å². The monoisotopic (exact) mass is 435 g/mol. The minimum Gasteiger partial charge on any atom is -0.338 e. The molecule has 0 atom stereocenters. The zero-order chi connectivity index (χ0) is 21.7. The number of nitrogens with one attached hydrogen (secondary N) is 2. The van der Waals surface area contributed by atoms with E-state index < -0.39 is 0 Å². The molecule has 0 aliphatic carbocycles. The molecule has 3 aromatic carbocycles. The van der Waals surface area contributed by atoms with Gasteiger partial charge >= 0.3 is 6.03 Å². The molecule has 3 aromatic rings. The van der Waals surface area contributed by atoms with Crippen molar-refractivity contribution in [2.45, 2.75) is 19.3 Å². The van der Waals surface area contributed by atoms with Gasteiger partial charge in [-0.1, -0.05) is 72.3 Å². The van der Waals surface area contributed by atoms with Gasteiger partial charge in [0.05, 0.1) is 0 Å². The Hall–Kier alpha value is -2.82. The van der Waals surface area contributed by atoms with Crippen LogP contribution in [0, 0.1) is 0 Å². The molecule has 0 spiro atoms. The summed E-state index contributed by atoms with van der Waals surface area (Å²) in [6.45, 7) is 3.55. The molecule has 0 heterocycles. The maximum Gasteiger partial charge on any atom is 0.319 e. The Labute approximate surface area is 190 Å². The van der Waals surface area contributed by atoms with Crippen molar-refractivity contribution in [2.75, 3.05) is 31.5 Å². The number of para-hydroxylation sites is 1. The van der Waals surface area contributed by atoms with Gasteiger partial charge in [-0.2, -0.15) is 0 Å². The quantitative estimate of drug-likeness (QED) is 0.383. The van der Waals surface area contributed by atoms with Crippen LogP contribution < -0.4 is 10.6 Å². The normalized spacial score (nSPS) is 10.8. The number of rotatable bonds is 11. The van der Waals surface area contributed by atoms with Crippen molar-refractivity contribution in [3.05, 3.63) is 101 Å². The highest BCUT2D eigenvalue weighted by Crippen LogP contribution is 2.11. The van der Waals surface area contributed by atoms with Crippen LogP contribution in [0.3, 0.4) is 0 Å². The standard InChI is InChI=1S/C26H30ClN3O/c27-24-14-12-23(13-15-24)17-21-30(20-16-22-8-3-1-4-9-22)19-7-18-28-26(31)29-25-10-5-2-6-11-25/h1-6,8-15H,7,16-21H2,(H2,28,29,31). The molecule has 0 bridgehead atoms. The maximum atomic E-state index is 12.1. The van der Waals surface area contributed by atoms with Crippen LogP contribution in [0.2, 0.25) is 5.02 Å². The average Bonchev–Trinajstić information content (AvgIpc) is 2.80. The molecule has 0 radical (unpaired) electrons. The summed E-state index contributed by atoms with van der Waals surface area (Å²) in [5.74, 6) is 0. The first-order chi connectivity index (χ1) is 15.2. The summed E-state index contributed by atoms with van der Waals surface area (Å²) in [7, 11) is 0. The fraction of sp³-hybridized carbons (Fsp3) is 0.269. The number of urea groups is 1. The second kappa shape index (κ2) is 12.8. The van der Waals surface area contributed by atoms with Crippen molar-refractivity contribution < 1.29 is 4.79 Å². The Balaban J connectivity index is 1.44. The summed E-state index contributed by atoms with van der Waals surface area (Å²) in [5, 5.41) is 6.57. The van der Waals surface area contributed by atoms with Crippen LogP contribution in [-0.4, -0.2) is 37.1 Å². The molecule has 4 nitrogen and oxygen atoms in total. The van der Waals surface area contributed by atoms with Gasteiger partial charge < -0.3 is 15.5 Å². The van der Waals surface area contributed by atoms with Gasteiger partial charge in [-0.3, -0.25) is 0 Å². The fourth-order valence-electron chi connectivity index (χ4n) is 3.41. The van der Waals surface area contributed by atoms with Crippen molar-refractivity contribution in [3.63, 3.8) is 0 Å². The second-order valence-corrected chi connectivity index (χ2v) is 7.99. The first-order valence-electron chi connectivity index (χ1n) is 10.8. The smallest absolute Gasteiger partial charge is 0.319 e. The lowest BCUT2D eigenvalue weighted by molar-refractivity contribution is 0.249. The maximum absolute atomic E-state index is 12.1. The Morgan fingerprint density at radius 2 is 1.32 bits per heavy atom. The lowest BCUT2D eigenvalue weighted by atomic mass is 10.1. The molecule has 162 valence electrons. The van der Waals surface area contributed by atoms with Gasteiger partial charge in [-0.25, -0.2) is 4.79 Å². The van der Waals surface area contributed by atoms with Gasteiger partial charge in [-0.05, 0) is 61.2 Å². The molecular weight excluding hydrogens is 406 g/mol. The number of carbonyl (C=O) groups excluding carboxylic acids is 1. The topological polar surface area (TPSA) is 44.4 Å². The highest BCUT2D eigenvalue weighted by molar-refractivity contribution is 6.30. The van der Waals surface area contributed by atoms with E-state index in [2.05, 4.69) is 51.9 Å². The summed E-state index contributed by atoms with van der Waals surface area (Å²) in [6, 6.07) is 28.0. The van der Waals surface area contributed by atoms with E-state index in [1.165, 1.54) is 11.1 Å². The summed E-state index contributed by atoms with van der Waals surface area (Å²) in [6.07, 6.45) is 2.90. The predicted octanol–water partition coefficient (Wildman–Crippen LogP) is 5.64. The van der Waals surface area contributed by atoms with Gasteiger partial charge in [-0.15, -0.1) is 0 Å². The predicted molar refractivity (Wildman–Crippen MR) is 130 cm³/mol. The van der Waals surface area contributed by atoms with Gasteiger partial charge in [0.15, 0.2) is 0 Å². The number of nitrogens with zero attached hydrogens (tertiary/aromatic N) is 1. The summed E-state index contributed by atoms with van der Waals surface area (Å²) < 4.78 is 0. The Kier molecular flexibility index (Phi) is 9.42. The van der Waals surface area contributed by atoms with Gasteiger partial charge in [0.1, 0.15) is 0 Å². The van der Waals surface area contributed by atoms with E-state index in [-0.39, 0.29) is 6.03 Å². The number of benzene rings is 3. The zero-order valence-corrected chi connectivity index (χ0v) is 18.5. The van der Waals surface area contributed by atoms with Crippen LogP contribution in [-0.2, 0) is 12.8 Å². The van der Waals surface area contributed by atoms with E-state index in [4.69, 9.17) is 11.6 Å². The van der Waals surface area contributed by atoms with Crippen molar-refractivity contribution in [2.24, 2.45) is 0 Å². The van der Waals surface area contributed by atoms with Gasteiger partial charge in [0.25, 0.3) is 0 Å². The van der Waals surface area contributed by atoms with E-state index in [9.17, 15) is 4.79 Å². The number of amides is 2. The molecule has 2 amide bonds. The van der Waals surface area contributed by atoms with E-state index in [0.717, 1.165) is 49.6 Å². The summed E-state index contributed by atoms with van der Waals surface area (Å²) in [4.78, 5) is 14.5. The molecule has 0 saturated heterocycles. The molecule has 31 heavy (non-hydrogen) atoms. The molecule has 3 rings (SSSR count). The molecular formula is C26H30ClN3O. The van der Waals surface area contributed by atoms with Gasteiger partial charge in [0.2, 0.25) is 0 Å². The average molecular weight is 436 g/mol. The lowest BCUT2D eigenvalue weighted by Crippen LogP contribution is -2.34. The Morgan fingerprint density at radius 1 is 0.742 bits per heavy atom. The highest BCUT2D eigenvalue weighted by atomic mass is 35.5. The first-order valence-corrected chi connectivity index (χ1v) is 11.2. The van der Waals surface area contributed by atoms with Gasteiger partial charge in [0, 0.05) is 30.3 Å². The van der Waals surface area contributed by atoms with E-state index in [0.29, 0.717) is 6.54 Å². The zero-order valence-electron chi connectivity index (χ0n) is 17.8. The number of halogens is 1. The Morgan fingerprint density at radius 3 is 1.97 bits per heavy atom. The molecule has 2 N–H and O–H groups in total. The van der Waals surface area contributed by atoms with Crippen molar-refractivity contribution in [1.82, 2.24) is 10.2 Å². The van der Waals surface area contributed by atoms with E-state index in [1.807, 2.05) is 48.5 Å². The SMILES string of the molecule is O=C(NCCCN(CCc1ccccc1)CCc1ccc(Cl)cc1)Nc1ccccc1. The summed E-state index contributed by atoms with van der Waals surface area (Å²) >= 11 is 6.00. The van der Waals surface area contributed by atoms with Crippen LogP contribution in [0.15, 0.2) is 84.9 Å². The number of carbonyl (C=O) groups is 1. The van der Waals surface area contributed by atoms with Crippen LogP contribution in [0.25, 0.3) is 0 Å². The van der Waals surface area contributed by atoms with Crippen LogP contribution in [0.5, 0.6) is 0 Å². The fourth-order valence-corrected chi connectivity index (χ4v) is 3.53. The minimum absolute atomic E-state index is 0.164. The molecule has 0 aliphatic heterocycles. The molecule has 0 aliphatic rings. The van der Waals surface area contributed by atoms with Crippen molar-refractivity contribution >= 4 is 23.3 Å². The molecule has 0 aromatic heterocycles. The van der Waals surface area contributed by atoms with E-state index in [1.54, 1.807) is 0 Å². The van der Waals surface area contributed by atoms with Crippen molar-refractivity contribution in [1.29, 1.82) is 0 Å². The summed E-state index contributed by atoms with van der Waals surface area (Å²) in [5.41, 5.74) is 3.43. The lowest BCUT2D eigenvalue weighted by Gasteiger charge is -2.22. The molecule has 0 unspecified atom stereocenters.